The van der Waals surface area contributed by atoms with E-state index in [2.05, 4.69) is 20.9 Å². The fraction of sp³-hybridized carbons (Fsp3) is 0.364. The highest BCUT2D eigenvalue weighted by Crippen LogP contribution is 2.29. The summed E-state index contributed by atoms with van der Waals surface area (Å²) in [7, 11) is 1.58. The molecule has 0 spiro atoms. The molecule has 5 nitrogen and oxygen atoms in total. The van der Waals surface area contributed by atoms with Crippen LogP contribution in [-0.2, 0) is 19.3 Å². The van der Waals surface area contributed by atoms with Gasteiger partial charge in [0.15, 0.2) is 5.96 Å². The van der Waals surface area contributed by atoms with Crippen LogP contribution in [0.2, 0.25) is 0 Å². The van der Waals surface area contributed by atoms with Crippen LogP contribution in [0.3, 0.4) is 0 Å². The molecule has 0 unspecified atom stereocenters. The van der Waals surface area contributed by atoms with Crippen molar-refractivity contribution in [1.29, 1.82) is 0 Å². The van der Waals surface area contributed by atoms with E-state index in [1.807, 2.05) is 26.8 Å². The number of rotatable bonds is 5. The quantitative estimate of drug-likeness (QED) is 0.504. The Morgan fingerprint density at radius 1 is 0.933 bits per heavy atom. The number of carbonyl (C=O) groups is 1. The van der Waals surface area contributed by atoms with Crippen molar-refractivity contribution in [1.82, 2.24) is 16.0 Å². The van der Waals surface area contributed by atoms with Crippen molar-refractivity contribution in [3.63, 3.8) is 0 Å². The van der Waals surface area contributed by atoms with Crippen LogP contribution in [0.4, 0.5) is 13.2 Å². The van der Waals surface area contributed by atoms with Crippen LogP contribution in [0.5, 0.6) is 0 Å². The van der Waals surface area contributed by atoms with E-state index in [-0.39, 0.29) is 18.0 Å². The normalized spacial score (nSPS) is 12.4. The first-order chi connectivity index (χ1) is 14.0. The van der Waals surface area contributed by atoms with Crippen molar-refractivity contribution in [3.05, 3.63) is 70.8 Å². The van der Waals surface area contributed by atoms with Crippen molar-refractivity contribution in [2.75, 3.05) is 7.05 Å². The predicted octanol–water partition coefficient (Wildman–Crippen LogP) is 4.10. The molecular formula is C22H27F3N4O. The molecule has 2 aromatic rings. The number of carbonyl (C=O) groups excluding carboxylic acids is 1. The largest absolute Gasteiger partial charge is 0.416 e. The highest BCUT2D eigenvalue weighted by atomic mass is 19.4. The van der Waals surface area contributed by atoms with Gasteiger partial charge in [-0.05, 0) is 56.2 Å². The molecule has 8 heteroatoms. The predicted molar refractivity (Wildman–Crippen MR) is 112 cm³/mol. The lowest BCUT2D eigenvalue weighted by molar-refractivity contribution is -0.137. The molecule has 0 aliphatic carbocycles. The Labute approximate surface area is 174 Å². The lowest BCUT2D eigenvalue weighted by Crippen LogP contribution is -2.40. The summed E-state index contributed by atoms with van der Waals surface area (Å²) in [5.41, 5.74) is 0.902. The van der Waals surface area contributed by atoms with Gasteiger partial charge in [0, 0.05) is 31.2 Å². The first kappa shape index (κ1) is 23.3. The first-order valence-electron chi connectivity index (χ1n) is 9.50. The SMILES string of the molecule is CN=C(NCc1cccc(C(=O)NC(C)(C)C)c1)NCc1cccc(C(F)(F)F)c1. The highest BCUT2D eigenvalue weighted by Gasteiger charge is 2.30. The molecule has 0 bridgehead atoms. The van der Waals surface area contributed by atoms with Crippen molar-refractivity contribution < 1.29 is 18.0 Å². The summed E-state index contributed by atoms with van der Waals surface area (Å²) >= 11 is 0. The molecule has 0 aliphatic rings. The zero-order valence-electron chi connectivity index (χ0n) is 17.5. The maximum atomic E-state index is 12.8. The average molecular weight is 420 g/mol. The Morgan fingerprint density at radius 2 is 1.50 bits per heavy atom. The number of halogens is 3. The summed E-state index contributed by atoms with van der Waals surface area (Å²) < 4.78 is 38.5. The standard InChI is InChI=1S/C22H27F3N4O/c1-21(2,3)29-19(30)17-9-5-7-15(11-17)13-27-20(26-4)28-14-16-8-6-10-18(12-16)22(23,24)25/h5-12H,13-14H2,1-4H3,(H,29,30)(H2,26,27,28). The molecule has 0 aliphatic heterocycles. The zero-order chi connectivity index (χ0) is 22.4. The van der Waals surface area contributed by atoms with Crippen LogP contribution >= 0.6 is 0 Å². The van der Waals surface area contributed by atoms with Crippen LogP contribution < -0.4 is 16.0 Å². The fourth-order valence-corrected chi connectivity index (χ4v) is 2.69. The first-order valence-corrected chi connectivity index (χ1v) is 9.50. The summed E-state index contributed by atoms with van der Waals surface area (Å²) in [5.74, 6) is 0.286. The molecule has 0 saturated carbocycles. The number of amides is 1. The molecule has 0 saturated heterocycles. The molecule has 1 amide bonds. The van der Waals surface area contributed by atoms with Crippen LogP contribution in [0.25, 0.3) is 0 Å². The molecule has 0 heterocycles. The minimum absolute atomic E-state index is 0.156. The van der Waals surface area contributed by atoms with Gasteiger partial charge < -0.3 is 16.0 Å². The van der Waals surface area contributed by atoms with Gasteiger partial charge in [-0.15, -0.1) is 0 Å². The van der Waals surface area contributed by atoms with Gasteiger partial charge in [0.1, 0.15) is 0 Å². The Kier molecular flexibility index (Phi) is 7.48. The summed E-state index contributed by atoms with van der Waals surface area (Å²) in [6.07, 6.45) is -4.37. The number of nitrogens with one attached hydrogen (secondary N) is 3. The third-order valence-electron chi connectivity index (χ3n) is 4.08. The minimum Gasteiger partial charge on any atom is -0.352 e. The lowest BCUT2D eigenvalue weighted by atomic mass is 10.1. The Bertz CT molecular complexity index is 902. The maximum Gasteiger partial charge on any atom is 0.416 e. The van der Waals surface area contributed by atoms with Gasteiger partial charge in [-0.1, -0.05) is 24.3 Å². The molecule has 0 fully saturated rings. The Morgan fingerprint density at radius 3 is 2.03 bits per heavy atom. The molecule has 0 aromatic heterocycles. The molecule has 0 radical (unpaired) electrons. The molecular weight excluding hydrogens is 393 g/mol. The number of nitrogens with zero attached hydrogens (tertiary/aromatic N) is 1. The topological polar surface area (TPSA) is 65.5 Å². The van der Waals surface area contributed by atoms with Crippen LogP contribution in [0.15, 0.2) is 53.5 Å². The number of alkyl halides is 3. The lowest BCUT2D eigenvalue weighted by Gasteiger charge is -2.20. The highest BCUT2D eigenvalue weighted by molar-refractivity contribution is 5.94. The van der Waals surface area contributed by atoms with Gasteiger partial charge in [0.2, 0.25) is 0 Å². The molecule has 2 rings (SSSR count). The van der Waals surface area contributed by atoms with E-state index in [1.54, 1.807) is 31.3 Å². The Balaban J connectivity index is 1.95. The molecule has 30 heavy (non-hydrogen) atoms. The number of guanidine groups is 1. The second kappa shape index (κ2) is 9.65. The smallest absolute Gasteiger partial charge is 0.352 e. The molecule has 3 N–H and O–H groups in total. The monoisotopic (exact) mass is 420 g/mol. The number of hydrogen-bond acceptors (Lipinski definition) is 2. The zero-order valence-corrected chi connectivity index (χ0v) is 17.5. The molecule has 0 atom stereocenters. The van der Waals surface area contributed by atoms with Crippen LogP contribution in [0.1, 0.15) is 47.8 Å². The van der Waals surface area contributed by atoms with Gasteiger partial charge in [0.05, 0.1) is 5.56 Å². The van der Waals surface area contributed by atoms with Crippen LogP contribution in [0, 0.1) is 0 Å². The van der Waals surface area contributed by atoms with Gasteiger partial charge >= 0.3 is 6.18 Å². The average Bonchev–Trinajstić information content (AvgIpc) is 2.66. The summed E-state index contributed by atoms with van der Waals surface area (Å²) in [5, 5.41) is 9.01. The fourth-order valence-electron chi connectivity index (χ4n) is 2.69. The molecule has 162 valence electrons. The second-order valence-corrected chi connectivity index (χ2v) is 7.88. The van der Waals surface area contributed by atoms with Crippen molar-refractivity contribution in [2.45, 2.75) is 45.6 Å². The summed E-state index contributed by atoms with van der Waals surface area (Å²) in [6, 6.07) is 12.3. The van der Waals surface area contributed by atoms with Crippen molar-refractivity contribution >= 4 is 11.9 Å². The summed E-state index contributed by atoms with van der Waals surface area (Å²) in [6.45, 7) is 6.33. The molecule has 2 aromatic carbocycles. The van der Waals surface area contributed by atoms with Crippen molar-refractivity contribution in [3.8, 4) is 0 Å². The van der Waals surface area contributed by atoms with E-state index in [9.17, 15) is 18.0 Å². The second-order valence-electron chi connectivity index (χ2n) is 7.88. The third kappa shape index (κ3) is 7.42. The minimum atomic E-state index is -4.37. The van der Waals surface area contributed by atoms with E-state index < -0.39 is 11.7 Å². The maximum absolute atomic E-state index is 12.8. The number of aliphatic imine (C=N–C) groups is 1. The van der Waals surface area contributed by atoms with E-state index >= 15 is 0 Å². The number of hydrogen-bond donors (Lipinski definition) is 3. The third-order valence-corrected chi connectivity index (χ3v) is 4.08. The van der Waals surface area contributed by atoms with Gasteiger partial charge in [-0.2, -0.15) is 13.2 Å². The van der Waals surface area contributed by atoms with Crippen LogP contribution in [-0.4, -0.2) is 24.5 Å². The Hall–Kier alpha value is -3.03. The van der Waals surface area contributed by atoms with E-state index in [1.165, 1.54) is 6.07 Å². The van der Waals surface area contributed by atoms with Gasteiger partial charge in [-0.3, -0.25) is 9.79 Å². The van der Waals surface area contributed by atoms with E-state index in [0.29, 0.717) is 23.6 Å². The van der Waals surface area contributed by atoms with Gasteiger partial charge in [0.25, 0.3) is 5.91 Å². The van der Waals surface area contributed by atoms with Gasteiger partial charge in [-0.25, -0.2) is 0 Å². The summed E-state index contributed by atoms with van der Waals surface area (Å²) in [4.78, 5) is 16.4. The van der Waals surface area contributed by atoms with E-state index in [0.717, 1.165) is 17.7 Å². The number of benzene rings is 2. The van der Waals surface area contributed by atoms with E-state index in [4.69, 9.17) is 0 Å². The van der Waals surface area contributed by atoms with Crippen molar-refractivity contribution in [2.24, 2.45) is 4.99 Å².